The molecule has 0 amide bonds. The minimum atomic E-state index is -1.41. The van der Waals surface area contributed by atoms with Gasteiger partial charge in [0.15, 0.2) is 11.5 Å². The number of carboxylic acids is 1. The van der Waals surface area contributed by atoms with Gasteiger partial charge < -0.3 is 14.1 Å². The summed E-state index contributed by atoms with van der Waals surface area (Å²) in [4.78, 5) is 10.7. The van der Waals surface area contributed by atoms with Gasteiger partial charge in [-0.15, -0.1) is 0 Å². The van der Waals surface area contributed by atoms with E-state index >= 15 is 0 Å². The van der Waals surface area contributed by atoms with Gasteiger partial charge in [-0.3, -0.25) is 0 Å². The molecule has 0 radical (unpaired) electrons. The Morgan fingerprint density at radius 3 is 2.93 bits per heavy atom. The van der Waals surface area contributed by atoms with Gasteiger partial charge in [-0.05, 0) is 23.3 Å². The molecule has 0 aromatic carbocycles. The first-order valence-electron chi connectivity index (χ1n) is 4.27. The Morgan fingerprint density at radius 2 is 2.50 bits per heavy atom. The van der Waals surface area contributed by atoms with Crippen LogP contribution in [0.15, 0.2) is 22.8 Å². The molecule has 0 saturated heterocycles. The van der Waals surface area contributed by atoms with Gasteiger partial charge in [0.2, 0.25) is 5.25 Å². The van der Waals surface area contributed by atoms with Crippen molar-refractivity contribution in [3.8, 4) is 0 Å². The normalized spacial score (nSPS) is 15.0. The SMILES string of the molecule is CCC(C(=O)O)[S+]([O-])Cc1ccco1. The van der Waals surface area contributed by atoms with Crippen LogP contribution in [0.1, 0.15) is 19.1 Å². The fourth-order valence-corrected chi connectivity index (χ4v) is 2.35. The molecule has 0 fully saturated rings. The molecule has 14 heavy (non-hydrogen) atoms. The van der Waals surface area contributed by atoms with E-state index in [0.29, 0.717) is 12.2 Å². The van der Waals surface area contributed by atoms with Gasteiger partial charge >= 0.3 is 5.97 Å². The van der Waals surface area contributed by atoms with Crippen LogP contribution in [0.25, 0.3) is 0 Å². The van der Waals surface area contributed by atoms with Crippen molar-refractivity contribution < 1.29 is 18.9 Å². The maximum absolute atomic E-state index is 11.6. The van der Waals surface area contributed by atoms with E-state index in [4.69, 9.17) is 9.52 Å². The minimum absolute atomic E-state index is 0.164. The van der Waals surface area contributed by atoms with Crippen molar-refractivity contribution in [1.82, 2.24) is 0 Å². The van der Waals surface area contributed by atoms with Crippen molar-refractivity contribution in [3.63, 3.8) is 0 Å². The number of carbonyl (C=O) groups is 1. The van der Waals surface area contributed by atoms with Crippen LogP contribution >= 0.6 is 0 Å². The van der Waals surface area contributed by atoms with Crippen molar-refractivity contribution in [2.45, 2.75) is 24.3 Å². The van der Waals surface area contributed by atoms with Crippen molar-refractivity contribution in [1.29, 1.82) is 0 Å². The fourth-order valence-electron chi connectivity index (χ4n) is 1.11. The molecule has 0 aliphatic rings. The predicted molar refractivity (Wildman–Crippen MR) is 52.3 cm³/mol. The summed E-state index contributed by atoms with van der Waals surface area (Å²) in [6, 6.07) is 3.38. The van der Waals surface area contributed by atoms with E-state index in [9.17, 15) is 9.35 Å². The highest BCUT2D eigenvalue weighted by Crippen LogP contribution is 2.14. The molecule has 1 rings (SSSR count). The number of furan rings is 1. The first-order chi connectivity index (χ1) is 6.65. The topological polar surface area (TPSA) is 73.5 Å². The lowest BCUT2D eigenvalue weighted by Gasteiger charge is -2.15. The summed E-state index contributed by atoms with van der Waals surface area (Å²) in [5.41, 5.74) is 0. The Bertz CT molecular complexity index is 283. The standard InChI is InChI=1S/C9H12O4S/c1-2-8(9(10)11)14(12)6-7-4-3-5-13-7/h3-5,8H,2,6H2,1H3,(H,10,11). The van der Waals surface area contributed by atoms with Gasteiger partial charge in [-0.25, -0.2) is 4.79 Å². The number of rotatable bonds is 5. The second-order valence-corrected chi connectivity index (χ2v) is 4.46. The quantitative estimate of drug-likeness (QED) is 0.755. The number of aliphatic carboxylic acids is 1. The molecule has 2 atom stereocenters. The summed E-state index contributed by atoms with van der Waals surface area (Å²) in [7, 11) is 0. The third-order valence-electron chi connectivity index (χ3n) is 1.83. The molecule has 2 unspecified atom stereocenters. The molecular formula is C9H12O4S. The lowest BCUT2D eigenvalue weighted by Crippen LogP contribution is -2.30. The Labute approximate surface area is 85.1 Å². The highest BCUT2D eigenvalue weighted by atomic mass is 32.2. The molecule has 0 bridgehead atoms. The smallest absolute Gasteiger partial charge is 0.357 e. The van der Waals surface area contributed by atoms with Crippen LogP contribution in [0.5, 0.6) is 0 Å². The van der Waals surface area contributed by atoms with E-state index in [1.165, 1.54) is 6.26 Å². The van der Waals surface area contributed by atoms with E-state index < -0.39 is 22.4 Å². The summed E-state index contributed by atoms with van der Waals surface area (Å²) in [6.45, 7) is 1.71. The first kappa shape index (κ1) is 11.1. The Kier molecular flexibility index (Phi) is 4.03. The zero-order valence-corrected chi connectivity index (χ0v) is 8.62. The monoisotopic (exact) mass is 216 g/mol. The van der Waals surface area contributed by atoms with Crippen LogP contribution in [-0.4, -0.2) is 20.9 Å². The van der Waals surface area contributed by atoms with Crippen molar-refractivity contribution in [3.05, 3.63) is 24.2 Å². The van der Waals surface area contributed by atoms with E-state index in [2.05, 4.69) is 0 Å². The maximum Gasteiger partial charge on any atom is 0.357 e. The largest absolute Gasteiger partial charge is 0.615 e. The molecule has 4 nitrogen and oxygen atoms in total. The lowest BCUT2D eigenvalue weighted by atomic mass is 10.3. The summed E-state index contributed by atoms with van der Waals surface area (Å²) >= 11 is -1.41. The lowest BCUT2D eigenvalue weighted by molar-refractivity contribution is -0.136. The molecule has 1 aromatic rings. The Morgan fingerprint density at radius 1 is 1.79 bits per heavy atom. The molecular weight excluding hydrogens is 204 g/mol. The van der Waals surface area contributed by atoms with Gasteiger partial charge in [0.05, 0.1) is 6.26 Å². The van der Waals surface area contributed by atoms with E-state index in [1.54, 1.807) is 19.1 Å². The number of carboxylic acid groups (broad SMARTS) is 1. The average Bonchev–Trinajstić information content (AvgIpc) is 2.57. The van der Waals surface area contributed by atoms with E-state index in [1.807, 2.05) is 0 Å². The number of hydrogen-bond donors (Lipinski definition) is 1. The van der Waals surface area contributed by atoms with Gasteiger partial charge in [-0.1, -0.05) is 6.92 Å². The van der Waals surface area contributed by atoms with Gasteiger partial charge in [0.1, 0.15) is 0 Å². The van der Waals surface area contributed by atoms with Gasteiger partial charge in [0, 0.05) is 6.42 Å². The summed E-state index contributed by atoms with van der Waals surface area (Å²) in [6.07, 6.45) is 1.84. The first-order valence-corrected chi connectivity index (χ1v) is 5.65. The van der Waals surface area contributed by atoms with Crippen LogP contribution in [0.3, 0.4) is 0 Å². The molecule has 0 spiro atoms. The highest BCUT2D eigenvalue weighted by molar-refractivity contribution is 7.92. The molecule has 0 saturated carbocycles. The minimum Gasteiger partial charge on any atom is -0.615 e. The molecule has 78 valence electrons. The summed E-state index contributed by atoms with van der Waals surface area (Å²) in [5, 5.41) is 7.94. The van der Waals surface area contributed by atoms with E-state index in [0.717, 1.165) is 0 Å². The third kappa shape index (κ3) is 2.78. The van der Waals surface area contributed by atoms with Crippen molar-refractivity contribution in [2.24, 2.45) is 0 Å². The Hall–Kier alpha value is -0.940. The average molecular weight is 216 g/mol. The van der Waals surface area contributed by atoms with Crippen LogP contribution < -0.4 is 0 Å². The molecule has 1 heterocycles. The maximum atomic E-state index is 11.6. The highest BCUT2D eigenvalue weighted by Gasteiger charge is 2.28. The fraction of sp³-hybridized carbons (Fsp3) is 0.444. The molecule has 5 heteroatoms. The second-order valence-electron chi connectivity index (χ2n) is 2.84. The summed E-state index contributed by atoms with van der Waals surface area (Å²) < 4.78 is 16.5. The van der Waals surface area contributed by atoms with Crippen molar-refractivity contribution >= 4 is 17.1 Å². The predicted octanol–water partition coefficient (Wildman–Crippen LogP) is 1.39. The van der Waals surface area contributed by atoms with Gasteiger partial charge in [-0.2, -0.15) is 0 Å². The van der Waals surface area contributed by atoms with Gasteiger partial charge in [0.25, 0.3) is 0 Å². The third-order valence-corrected chi connectivity index (χ3v) is 3.57. The zero-order valence-electron chi connectivity index (χ0n) is 7.80. The molecule has 0 aliphatic carbocycles. The van der Waals surface area contributed by atoms with Crippen LogP contribution in [0.4, 0.5) is 0 Å². The molecule has 0 aliphatic heterocycles. The van der Waals surface area contributed by atoms with Crippen molar-refractivity contribution in [2.75, 3.05) is 0 Å². The Balaban J connectivity index is 2.56. The van der Waals surface area contributed by atoms with E-state index in [-0.39, 0.29) is 5.75 Å². The summed E-state index contributed by atoms with van der Waals surface area (Å²) in [5.74, 6) is -0.293. The molecule has 1 N–H and O–H groups in total. The van der Waals surface area contributed by atoms with Crippen LogP contribution in [0, 0.1) is 0 Å². The van der Waals surface area contributed by atoms with Crippen LogP contribution in [0.2, 0.25) is 0 Å². The molecule has 1 aromatic heterocycles. The zero-order chi connectivity index (χ0) is 10.6. The second kappa shape index (κ2) is 5.07. The van der Waals surface area contributed by atoms with Crippen LogP contribution in [-0.2, 0) is 21.7 Å². The number of hydrogen-bond acceptors (Lipinski definition) is 3.